The Balaban J connectivity index is 0.532. The number of rotatable bonds is 18. The minimum Gasteiger partial charge on any atom is -0.485 e. The lowest BCUT2D eigenvalue weighted by molar-refractivity contribution is -0.672. The Morgan fingerprint density at radius 1 is 0.580 bits per heavy atom. The third-order valence-corrected chi connectivity index (χ3v) is 16.8. The molecule has 2 N–H and O–H groups in total. The highest BCUT2D eigenvalue weighted by Gasteiger charge is 2.42. The summed E-state index contributed by atoms with van der Waals surface area (Å²) in [4.78, 5) is 32.7. The number of hydrogen-bond acceptors (Lipinski definition) is 9. The zero-order valence-electron chi connectivity index (χ0n) is 38.9. The van der Waals surface area contributed by atoms with Crippen LogP contribution in [0.4, 0.5) is 11.4 Å². The van der Waals surface area contributed by atoms with Gasteiger partial charge in [-0.25, -0.2) is 0 Å². The molecule has 0 aliphatic carbocycles. The molecule has 4 aromatic carbocycles. The van der Waals surface area contributed by atoms with Gasteiger partial charge in [0.15, 0.2) is 12.4 Å². The van der Waals surface area contributed by atoms with Crippen molar-refractivity contribution in [3.63, 3.8) is 0 Å². The summed E-state index contributed by atoms with van der Waals surface area (Å²) in [6.07, 6.45) is 13.1. The monoisotopic (exact) mass is 958 g/mol. The van der Waals surface area contributed by atoms with Crippen molar-refractivity contribution in [2.75, 3.05) is 49.2 Å². The second-order valence-electron chi connectivity index (χ2n) is 18.8. The molecular weight excluding hydrogens is 901 g/mol. The van der Waals surface area contributed by atoms with Crippen LogP contribution in [0.2, 0.25) is 0 Å². The number of unbranched alkanes of at least 4 members (excludes halogenated alkanes) is 4. The molecule has 6 aromatic rings. The number of carbonyl (C=O) groups is 2. The standard InChI is InChI=1S/C56H56N6O5S2/c63-49(21-3-1-9-29-59-31-23-37-51-41(59)15-11-17-43(51)66-45-25-33-61-39-13-5-7-19-47(39)68-55(61)53(37)45)57-27-35-65-36-28-58-50(64)22-4-2-10-30-60-32-24-38-52-42(60)16-12-18-44(52)67-46-26-34-62-40-14-6-8-20-48(40)69-56(62)54(38)46/h5-8,11-20,23-24,31-32,45-46H,1-4,9-10,21-22,25-30,33-36H2/p+2. The van der Waals surface area contributed by atoms with E-state index in [0.29, 0.717) is 39.1 Å². The summed E-state index contributed by atoms with van der Waals surface area (Å²) in [6.45, 7) is 5.45. The Labute approximate surface area is 411 Å². The Morgan fingerprint density at radius 2 is 1.06 bits per heavy atom. The van der Waals surface area contributed by atoms with E-state index < -0.39 is 0 Å². The van der Waals surface area contributed by atoms with Gasteiger partial charge in [0, 0.05) is 121 Å². The number of pyridine rings is 2. The lowest BCUT2D eigenvalue weighted by Crippen LogP contribution is -2.38. The lowest BCUT2D eigenvalue weighted by atomic mass is 9.90. The smallest absolute Gasteiger partial charge is 0.220 e. The number of hydrogen-bond donors (Lipinski definition) is 2. The zero-order chi connectivity index (χ0) is 46.3. The fourth-order valence-electron chi connectivity index (χ4n) is 11.1. The Morgan fingerprint density at radius 3 is 1.55 bits per heavy atom. The molecule has 69 heavy (non-hydrogen) atoms. The molecule has 2 unspecified atom stereocenters. The summed E-state index contributed by atoms with van der Waals surface area (Å²) in [5.74, 6) is 2.05. The van der Waals surface area contributed by atoms with Crippen molar-refractivity contribution in [2.24, 2.45) is 0 Å². The van der Waals surface area contributed by atoms with Gasteiger partial charge in [0.1, 0.15) is 36.8 Å². The first kappa shape index (κ1) is 44.2. The predicted molar refractivity (Wildman–Crippen MR) is 273 cm³/mol. The molecule has 13 heteroatoms. The van der Waals surface area contributed by atoms with Gasteiger partial charge in [-0.15, -0.1) is 0 Å². The summed E-state index contributed by atoms with van der Waals surface area (Å²) >= 11 is 3.74. The second kappa shape index (κ2) is 19.4. The molecule has 0 saturated heterocycles. The average Bonchev–Trinajstić information content (AvgIpc) is 3.95. The number of carbonyl (C=O) groups excluding carboxylic acids is 2. The molecule has 6 aliphatic heterocycles. The number of para-hydroxylation sites is 2. The molecule has 11 nitrogen and oxygen atoms in total. The maximum atomic E-state index is 12.6. The molecule has 0 radical (unpaired) electrons. The van der Waals surface area contributed by atoms with Crippen LogP contribution < -0.4 is 39.0 Å². The second-order valence-corrected chi connectivity index (χ2v) is 20.8. The predicted octanol–water partition coefficient (Wildman–Crippen LogP) is 9.53. The SMILES string of the molecule is O=C(CCCCC[n+]1ccc2c3c(cccc31)OC1CCN3C(=C21)Sc1ccccc13)NCCOCCNC(=O)CCCCC[n+]1ccc2c3c(cccc31)OC1CCN3C(=C21)Sc1ccccc13. The minimum absolute atomic E-state index is 0.0502. The van der Waals surface area contributed by atoms with Crippen LogP contribution >= 0.6 is 23.5 Å². The molecule has 352 valence electrons. The van der Waals surface area contributed by atoms with Crippen LogP contribution in [0.25, 0.3) is 33.0 Å². The molecule has 6 aliphatic rings. The van der Waals surface area contributed by atoms with E-state index in [1.807, 2.05) is 23.5 Å². The maximum absolute atomic E-state index is 12.6. The highest BCUT2D eigenvalue weighted by Crippen LogP contribution is 2.56. The van der Waals surface area contributed by atoms with E-state index in [4.69, 9.17) is 14.2 Å². The third-order valence-electron chi connectivity index (χ3n) is 14.4. The highest BCUT2D eigenvalue weighted by molar-refractivity contribution is 8.04. The first-order valence-corrected chi connectivity index (χ1v) is 26.6. The van der Waals surface area contributed by atoms with Crippen molar-refractivity contribution >= 4 is 79.7 Å². The van der Waals surface area contributed by atoms with Crippen LogP contribution in [0.1, 0.15) is 75.3 Å². The number of aryl methyl sites for hydroxylation is 2. The highest BCUT2D eigenvalue weighted by atomic mass is 32.2. The van der Waals surface area contributed by atoms with Gasteiger partial charge in [-0.3, -0.25) is 9.59 Å². The van der Waals surface area contributed by atoms with Gasteiger partial charge in [-0.1, -0.05) is 59.9 Å². The molecule has 0 saturated carbocycles. The van der Waals surface area contributed by atoms with Crippen LogP contribution in [0.15, 0.2) is 129 Å². The summed E-state index contributed by atoms with van der Waals surface area (Å²) in [6, 6.07) is 34.8. The average molecular weight is 959 g/mol. The van der Waals surface area contributed by atoms with Gasteiger partial charge in [0.05, 0.1) is 45.4 Å². The van der Waals surface area contributed by atoms with E-state index in [1.165, 1.54) is 75.3 Å². The van der Waals surface area contributed by atoms with Gasteiger partial charge in [0.2, 0.25) is 22.8 Å². The van der Waals surface area contributed by atoms with E-state index in [0.717, 1.165) is 89.0 Å². The topological polar surface area (TPSA) is 100 Å². The Bertz CT molecular complexity index is 2860. The summed E-state index contributed by atoms with van der Waals surface area (Å²) < 4.78 is 23.8. The Hall–Kier alpha value is -6.02. The normalized spacial score (nSPS) is 18.0. The summed E-state index contributed by atoms with van der Waals surface area (Å²) in [5, 5.41) is 11.0. The number of ether oxygens (including phenoxy) is 3. The fourth-order valence-corrected chi connectivity index (χ4v) is 13.7. The largest absolute Gasteiger partial charge is 0.485 e. The number of benzene rings is 4. The van der Waals surface area contributed by atoms with Crippen LogP contribution in [0.5, 0.6) is 11.5 Å². The quantitative estimate of drug-likeness (QED) is 0.0645. The van der Waals surface area contributed by atoms with Crippen molar-refractivity contribution in [3.05, 3.63) is 131 Å². The molecule has 2 amide bonds. The Kier molecular flexibility index (Phi) is 12.4. The van der Waals surface area contributed by atoms with Crippen LogP contribution in [-0.4, -0.2) is 63.4 Å². The molecule has 0 spiro atoms. The maximum Gasteiger partial charge on any atom is 0.220 e. The van der Waals surface area contributed by atoms with Gasteiger partial charge >= 0.3 is 0 Å². The van der Waals surface area contributed by atoms with E-state index in [1.54, 1.807) is 0 Å². The third kappa shape index (κ3) is 8.50. The molecule has 12 rings (SSSR count). The van der Waals surface area contributed by atoms with E-state index >= 15 is 0 Å². The van der Waals surface area contributed by atoms with Gasteiger partial charge in [-0.05, 0) is 62.1 Å². The number of anilines is 2. The van der Waals surface area contributed by atoms with Gasteiger partial charge < -0.3 is 34.6 Å². The van der Waals surface area contributed by atoms with Crippen LogP contribution in [0.3, 0.4) is 0 Å². The number of thioether (sulfide) groups is 2. The molecule has 2 atom stereocenters. The number of nitrogens with one attached hydrogen (secondary N) is 2. The van der Waals surface area contributed by atoms with E-state index in [2.05, 4.69) is 139 Å². The minimum atomic E-state index is 0.0502. The number of amides is 2. The van der Waals surface area contributed by atoms with Crippen molar-refractivity contribution < 1.29 is 32.9 Å². The number of aromatic nitrogens is 2. The first-order chi connectivity index (χ1) is 34.1. The van der Waals surface area contributed by atoms with Crippen LogP contribution in [-0.2, 0) is 27.4 Å². The first-order valence-electron chi connectivity index (χ1n) is 25.0. The van der Waals surface area contributed by atoms with E-state index in [9.17, 15) is 9.59 Å². The van der Waals surface area contributed by atoms with Crippen molar-refractivity contribution in [1.29, 1.82) is 0 Å². The lowest BCUT2D eigenvalue weighted by Gasteiger charge is -2.37. The van der Waals surface area contributed by atoms with Crippen molar-refractivity contribution in [2.45, 2.75) is 99.3 Å². The number of nitrogens with zero attached hydrogens (tertiary/aromatic N) is 4. The molecule has 2 aromatic heterocycles. The molecular formula is C56H58N6O5S2+2. The van der Waals surface area contributed by atoms with E-state index in [-0.39, 0.29) is 24.0 Å². The zero-order valence-corrected chi connectivity index (χ0v) is 40.6. The van der Waals surface area contributed by atoms with Gasteiger partial charge in [-0.2, -0.15) is 9.13 Å². The molecule has 0 fully saturated rings. The summed E-state index contributed by atoms with van der Waals surface area (Å²) in [7, 11) is 0. The van der Waals surface area contributed by atoms with Crippen molar-refractivity contribution in [3.8, 4) is 11.5 Å². The molecule has 0 bridgehead atoms. The van der Waals surface area contributed by atoms with Crippen molar-refractivity contribution in [1.82, 2.24) is 10.6 Å². The fraction of sp³-hybridized carbons (Fsp3) is 0.357. The van der Waals surface area contributed by atoms with Gasteiger partial charge in [0.25, 0.3) is 0 Å². The summed E-state index contributed by atoms with van der Waals surface area (Å²) in [5.41, 5.74) is 10.2. The van der Waals surface area contributed by atoms with Crippen LogP contribution in [0, 0.1) is 0 Å². The number of fused-ring (bicyclic) bond motifs is 10. The molecule has 8 heterocycles.